The molecule has 0 saturated heterocycles. The molecule has 132 valence electrons. The van der Waals surface area contributed by atoms with Gasteiger partial charge in [-0.15, -0.1) is 0 Å². The summed E-state index contributed by atoms with van der Waals surface area (Å²) in [5, 5.41) is 12.9. The Morgan fingerprint density at radius 2 is 2.23 bits per heavy atom. The zero-order valence-corrected chi connectivity index (χ0v) is 13.9. The van der Waals surface area contributed by atoms with Gasteiger partial charge >= 0.3 is 0 Å². The Morgan fingerprint density at radius 3 is 3.08 bits per heavy atom. The number of carbonyl (C=O) groups is 1. The molecule has 0 aliphatic carbocycles. The third-order valence-electron chi connectivity index (χ3n) is 4.27. The molecule has 3 N–H and O–H groups in total. The van der Waals surface area contributed by atoms with Crippen LogP contribution < -0.4 is 10.6 Å². The number of H-pyrrole nitrogens is 1. The molecule has 0 fully saturated rings. The average molecular weight is 352 g/mol. The Hall–Kier alpha value is -3.13. The van der Waals surface area contributed by atoms with Crippen LogP contribution in [0.5, 0.6) is 0 Å². The van der Waals surface area contributed by atoms with Crippen LogP contribution in [0.4, 0.5) is 4.39 Å². The van der Waals surface area contributed by atoms with E-state index >= 15 is 0 Å². The number of carbonyl (C=O) groups excluding carboxylic acids is 1. The van der Waals surface area contributed by atoms with Crippen LogP contribution in [0.3, 0.4) is 0 Å². The molecule has 26 heavy (non-hydrogen) atoms. The van der Waals surface area contributed by atoms with Crippen LogP contribution in [0.1, 0.15) is 27.3 Å². The highest BCUT2D eigenvalue weighted by Gasteiger charge is 2.19. The number of amides is 1. The van der Waals surface area contributed by atoms with Gasteiger partial charge in [-0.05, 0) is 48.4 Å². The highest BCUT2D eigenvalue weighted by molar-refractivity contribution is 5.96. The molecular weight excluding hydrogens is 335 g/mol. The van der Waals surface area contributed by atoms with Gasteiger partial charge in [-0.3, -0.25) is 14.9 Å². The first-order chi connectivity index (χ1) is 12.7. The lowest BCUT2D eigenvalue weighted by Crippen LogP contribution is -2.30. The summed E-state index contributed by atoms with van der Waals surface area (Å²) in [5.41, 5.74) is 2.73. The van der Waals surface area contributed by atoms with Crippen molar-refractivity contribution in [2.24, 2.45) is 0 Å². The van der Waals surface area contributed by atoms with Crippen molar-refractivity contribution < 1.29 is 9.18 Å². The fourth-order valence-corrected chi connectivity index (χ4v) is 3.01. The highest BCUT2D eigenvalue weighted by atomic mass is 19.1. The van der Waals surface area contributed by atoms with Crippen LogP contribution >= 0.6 is 0 Å². The van der Waals surface area contributed by atoms with Gasteiger partial charge in [-0.25, -0.2) is 9.37 Å². The Kier molecular flexibility index (Phi) is 4.40. The van der Waals surface area contributed by atoms with Crippen molar-refractivity contribution in [1.82, 2.24) is 30.8 Å². The fraction of sp³-hybridized carbons (Fsp3) is 0.222. The van der Waals surface area contributed by atoms with Crippen LogP contribution in [0.15, 0.2) is 36.5 Å². The Balaban J connectivity index is 1.48. The van der Waals surface area contributed by atoms with Gasteiger partial charge in [-0.2, -0.15) is 5.10 Å². The molecule has 1 aliphatic rings. The third kappa shape index (κ3) is 3.31. The molecule has 0 unspecified atom stereocenters. The molecule has 3 heterocycles. The van der Waals surface area contributed by atoms with E-state index in [2.05, 4.69) is 30.8 Å². The van der Waals surface area contributed by atoms with E-state index < -0.39 is 5.82 Å². The molecule has 3 aromatic rings. The van der Waals surface area contributed by atoms with Crippen LogP contribution in [0.2, 0.25) is 0 Å². The third-order valence-corrected chi connectivity index (χ3v) is 4.27. The molecular formula is C18H17FN6O. The van der Waals surface area contributed by atoms with Crippen LogP contribution in [0.25, 0.3) is 11.5 Å². The second-order valence-corrected chi connectivity index (χ2v) is 6.02. The molecule has 0 bridgehead atoms. The van der Waals surface area contributed by atoms with Gasteiger partial charge in [0.15, 0.2) is 5.82 Å². The minimum absolute atomic E-state index is 0.164. The molecule has 0 radical (unpaired) electrons. The minimum atomic E-state index is -0.395. The van der Waals surface area contributed by atoms with Gasteiger partial charge in [0.1, 0.15) is 17.3 Å². The van der Waals surface area contributed by atoms with E-state index in [4.69, 9.17) is 0 Å². The van der Waals surface area contributed by atoms with Crippen molar-refractivity contribution in [3.63, 3.8) is 0 Å². The maximum atomic E-state index is 13.8. The summed E-state index contributed by atoms with van der Waals surface area (Å²) in [5.74, 6) is 0.234. The molecule has 0 saturated carbocycles. The van der Waals surface area contributed by atoms with E-state index in [1.807, 2.05) is 12.1 Å². The predicted molar refractivity (Wildman–Crippen MR) is 92.6 cm³/mol. The number of benzene rings is 1. The molecule has 7 nitrogen and oxygen atoms in total. The predicted octanol–water partition coefficient (Wildman–Crippen LogP) is 1.58. The highest BCUT2D eigenvalue weighted by Crippen LogP contribution is 2.20. The summed E-state index contributed by atoms with van der Waals surface area (Å²) in [4.78, 5) is 21.0. The van der Waals surface area contributed by atoms with E-state index in [-0.39, 0.29) is 12.5 Å². The maximum absolute atomic E-state index is 13.8. The number of fused-ring (bicyclic) bond motifs is 1. The lowest BCUT2D eigenvalue weighted by Gasteiger charge is -2.20. The van der Waals surface area contributed by atoms with Gasteiger partial charge < -0.3 is 10.6 Å². The molecule has 1 amide bonds. The number of nitrogens with zero attached hydrogens (tertiary/aromatic N) is 3. The number of nitrogens with one attached hydrogen (secondary N) is 3. The van der Waals surface area contributed by atoms with Crippen LogP contribution in [0, 0.1) is 5.82 Å². The molecule has 8 heteroatoms. The number of aromatic nitrogens is 4. The van der Waals surface area contributed by atoms with E-state index in [0.717, 1.165) is 17.7 Å². The van der Waals surface area contributed by atoms with Crippen molar-refractivity contribution in [1.29, 1.82) is 0 Å². The molecule has 0 atom stereocenters. The Bertz CT molecular complexity index is 940. The van der Waals surface area contributed by atoms with Crippen molar-refractivity contribution in [3.8, 4) is 11.5 Å². The number of aromatic amines is 1. The van der Waals surface area contributed by atoms with E-state index in [9.17, 15) is 9.18 Å². The Labute approximate surface area is 149 Å². The number of rotatable bonds is 4. The van der Waals surface area contributed by atoms with Crippen molar-refractivity contribution >= 4 is 5.91 Å². The second kappa shape index (κ2) is 7.01. The standard InChI is InChI=1S/C18H17FN6O/c19-12-7-11-4-6-20-9-14(11)13(8-12)18(26)22-10-16-23-17(25-24-16)15-3-1-2-5-21-15/h1-3,5,7-8,20H,4,6,9-10H2,(H,22,26)(H,23,24,25). The largest absolute Gasteiger partial charge is 0.345 e. The summed E-state index contributed by atoms with van der Waals surface area (Å²) in [6.07, 6.45) is 2.37. The van der Waals surface area contributed by atoms with Gasteiger partial charge in [0.2, 0.25) is 0 Å². The van der Waals surface area contributed by atoms with E-state index in [0.29, 0.717) is 35.9 Å². The van der Waals surface area contributed by atoms with E-state index in [1.165, 1.54) is 12.1 Å². The number of pyridine rings is 1. The quantitative estimate of drug-likeness (QED) is 0.663. The lowest BCUT2D eigenvalue weighted by atomic mass is 9.95. The fourth-order valence-electron chi connectivity index (χ4n) is 3.01. The Morgan fingerprint density at radius 1 is 1.31 bits per heavy atom. The zero-order chi connectivity index (χ0) is 17.9. The van der Waals surface area contributed by atoms with Crippen LogP contribution in [-0.2, 0) is 19.5 Å². The summed E-state index contributed by atoms with van der Waals surface area (Å²) in [6, 6.07) is 8.24. The first-order valence-corrected chi connectivity index (χ1v) is 8.33. The summed E-state index contributed by atoms with van der Waals surface area (Å²) < 4.78 is 13.8. The zero-order valence-electron chi connectivity index (χ0n) is 13.9. The SMILES string of the molecule is O=C(NCc1nc(-c2ccccn2)n[nH]1)c1cc(F)cc2c1CNCC2. The number of hydrogen-bond donors (Lipinski definition) is 3. The van der Waals surface area contributed by atoms with Crippen molar-refractivity contribution in [2.75, 3.05) is 6.54 Å². The minimum Gasteiger partial charge on any atom is -0.345 e. The molecule has 4 rings (SSSR count). The van der Waals surface area contributed by atoms with Gasteiger partial charge in [0.05, 0.1) is 6.54 Å². The molecule has 0 spiro atoms. The summed E-state index contributed by atoms with van der Waals surface area (Å²) in [7, 11) is 0. The smallest absolute Gasteiger partial charge is 0.252 e. The van der Waals surface area contributed by atoms with Gasteiger partial charge in [0.25, 0.3) is 5.91 Å². The van der Waals surface area contributed by atoms with Crippen molar-refractivity contribution in [3.05, 3.63) is 64.9 Å². The molecule has 2 aromatic heterocycles. The topological polar surface area (TPSA) is 95.6 Å². The first kappa shape index (κ1) is 16.3. The molecule has 1 aliphatic heterocycles. The second-order valence-electron chi connectivity index (χ2n) is 6.02. The average Bonchev–Trinajstić information content (AvgIpc) is 3.15. The first-order valence-electron chi connectivity index (χ1n) is 8.33. The number of halogens is 1. The van der Waals surface area contributed by atoms with Crippen molar-refractivity contribution in [2.45, 2.75) is 19.5 Å². The molecule has 1 aromatic carbocycles. The summed E-state index contributed by atoms with van der Waals surface area (Å²) >= 11 is 0. The van der Waals surface area contributed by atoms with E-state index in [1.54, 1.807) is 12.3 Å². The van der Waals surface area contributed by atoms with Gasteiger partial charge in [-0.1, -0.05) is 6.07 Å². The summed E-state index contributed by atoms with van der Waals surface area (Å²) in [6.45, 7) is 1.51. The maximum Gasteiger partial charge on any atom is 0.252 e. The van der Waals surface area contributed by atoms with Gasteiger partial charge in [0, 0.05) is 18.3 Å². The lowest BCUT2D eigenvalue weighted by molar-refractivity contribution is 0.0948. The van der Waals surface area contributed by atoms with Crippen LogP contribution in [-0.4, -0.2) is 32.6 Å². The monoisotopic (exact) mass is 352 g/mol. The normalized spacial score (nSPS) is 13.3. The number of hydrogen-bond acceptors (Lipinski definition) is 5.